The van der Waals surface area contributed by atoms with Gasteiger partial charge < -0.3 is 5.32 Å². The molecule has 0 fully saturated rings. The lowest BCUT2D eigenvalue weighted by molar-refractivity contribution is -0.121. The molecule has 0 bridgehead atoms. The van der Waals surface area contributed by atoms with E-state index in [-0.39, 0.29) is 12.5 Å². The second kappa shape index (κ2) is 6.65. The van der Waals surface area contributed by atoms with Crippen molar-refractivity contribution in [1.29, 1.82) is 0 Å². The average Bonchev–Trinajstić information content (AvgIpc) is 2.49. The molecule has 0 radical (unpaired) electrons. The monoisotopic (exact) mass is 288 g/mol. The average molecular weight is 288 g/mol. The van der Waals surface area contributed by atoms with Crippen LogP contribution in [0.4, 0.5) is 0 Å². The molecule has 0 aliphatic rings. The zero-order valence-electron chi connectivity index (χ0n) is 11.7. The van der Waals surface area contributed by atoms with Gasteiger partial charge in [0.1, 0.15) is 6.54 Å². The van der Waals surface area contributed by atoms with Crippen LogP contribution in [0.1, 0.15) is 5.69 Å². The molecule has 1 N–H and O–H groups in total. The van der Waals surface area contributed by atoms with Crippen molar-refractivity contribution in [2.45, 2.75) is 13.0 Å². The van der Waals surface area contributed by atoms with E-state index in [0.29, 0.717) is 13.0 Å². The van der Waals surface area contributed by atoms with Crippen molar-refractivity contribution >= 4 is 5.91 Å². The fraction of sp³-hybridized carbons (Fsp3) is 0.286. The second-order valence-electron chi connectivity index (χ2n) is 4.54. The number of hydrogen-bond donors (Lipinski definition) is 1. The van der Waals surface area contributed by atoms with Gasteiger partial charge in [0.05, 0.1) is 0 Å². The van der Waals surface area contributed by atoms with Crippen LogP contribution in [0, 0.1) is 0 Å². The Hall–Kier alpha value is -2.70. The quantitative estimate of drug-likeness (QED) is 0.788. The maximum atomic E-state index is 11.8. The zero-order valence-corrected chi connectivity index (χ0v) is 11.7. The number of amides is 1. The summed E-state index contributed by atoms with van der Waals surface area (Å²) in [5.74, 6) is -0.285. The number of nitrogens with zero attached hydrogens (tertiary/aromatic N) is 3. The summed E-state index contributed by atoms with van der Waals surface area (Å²) in [6, 6.07) is 6.84. The first-order valence-corrected chi connectivity index (χ1v) is 6.51. The lowest BCUT2D eigenvalue weighted by Gasteiger charge is -2.08. The van der Waals surface area contributed by atoms with Crippen molar-refractivity contribution in [3.05, 3.63) is 63.2 Å². The first kappa shape index (κ1) is 14.7. The third kappa shape index (κ3) is 3.88. The van der Waals surface area contributed by atoms with E-state index in [1.165, 1.54) is 23.9 Å². The predicted molar refractivity (Wildman–Crippen MR) is 76.9 cm³/mol. The Balaban J connectivity index is 1.89. The molecule has 2 aromatic rings. The van der Waals surface area contributed by atoms with Crippen molar-refractivity contribution in [3.8, 4) is 0 Å². The van der Waals surface area contributed by atoms with Crippen LogP contribution in [0.25, 0.3) is 0 Å². The molecule has 2 aromatic heterocycles. The molecule has 0 saturated carbocycles. The lowest BCUT2D eigenvalue weighted by atomic mass is 10.3. The molecule has 2 heterocycles. The topological polar surface area (TPSA) is 86.0 Å². The SMILES string of the molecule is Cn1c(=O)ccn(CC(=O)NCCc2ccccn2)c1=O. The largest absolute Gasteiger partial charge is 0.354 e. The number of carbonyl (C=O) groups is 1. The van der Waals surface area contributed by atoms with E-state index in [0.717, 1.165) is 10.3 Å². The molecule has 0 unspecified atom stereocenters. The number of hydrogen-bond acceptors (Lipinski definition) is 4. The molecular weight excluding hydrogens is 272 g/mol. The number of carbonyl (C=O) groups excluding carboxylic acids is 1. The maximum absolute atomic E-state index is 11.8. The highest BCUT2D eigenvalue weighted by molar-refractivity contribution is 5.75. The minimum absolute atomic E-state index is 0.116. The van der Waals surface area contributed by atoms with Crippen molar-refractivity contribution in [3.63, 3.8) is 0 Å². The van der Waals surface area contributed by atoms with Crippen LogP contribution in [0.5, 0.6) is 0 Å². The Kier molecular flexibility index (Phi) is 4.65. The Morgan fingerprint density at radius 3 is 2.81 bits per heavy atom. The summed E-state index contributed by atoms with van der Waals surface area (Å²) in [6.45, 7) is 0.325. The van der Waals surface area contributed by atoms with E-state index in [1.807, 2.05) is 18.2 Å². The van der Waals surface area contributed by atoms with Gasteiger partial charge >= 0.3 is 5.69 Å². The molecule has 0 aliphatic heterocycles. The molecule has 0 atom stereocenters. The molecule has 110 valence electrons. The van der Waals surface area contributed by atoms with Gasteiger partial charge in [-0.3, -0.25) is 23.7 Å². The summed E-state index contributed by atoms with van der Waals surface area (Å²) in [4.78, 5) is 38.9. The smallest absolute Gasteiger partial charge is 0.331 e. The molecule has 7 nitrogen and oxygen atoms in total. The second-order valence-corrected chi connectivity index (χ2v) is 4.54. The van der Waals surface area contributed by atoms with Gasteiger partial charge in [-0.05, 0) is 12.1 Å². The molecule has 1 amide bonds. The number of pyridine rings is 1. The van der Waals surface area contributed by atoms with Crippen LogP contribution in [0.2, 0.25) is 0 Å². The highest BCUT2D eigenvalue weighted by Crippen LogP contribution is 1.93. The van der Waals surface area contributed by atoms with E-state index in [4.69, 9.17) is 0 Å². The summed E-state index contributed by atoms with van der Waals surface area (Å²) in [7, 11) is 1.38. The van der Waals surface area contributed by atoms with Crippen LogP contribution >= 0.6 is 0 Å². The first-order chi connectivity index (χ1) is 10.1. The van der Waals surface area contributed by atoms with Gasteiger partial charge in [0.15, 0.2) is 0 Å². The molecule has 21 heavy (non-hydrogen) atoms. The summed E-state index contributed by atoms with van der Waals surface area (Å²) in [6.07, 6.45) is 3.64. The fourth-order valence-corrected chi connectivity index (χ4v) is 1.82. The molecule has 2 rings (SSSR count). The summed E-state index contributed by atoms with van der Waals surface area (Å²) >= 11 is 0. The summed E-state index contributed by atoms with van der Waals surface area (Å²) < 4.78 is 2.15. The molecule has 0 saturated heterocycles. The Morgan fingerprint density at radius 2 is 2.10 bits per heavy atom. The Morgan fingerprint density at radius 1 is 1.29 bits per heavy atom. The summed E-state index contributed by atoms with van der Waals surface area (Å²) in [5, 5.41) is 2.71. The maximum Gasteiger partial charge on any atom is 0.331 e. The van der Waals surface area contributed by atoms with Gasteiger partial charge in [-0.25, -0.2) is 4.79 Å². The van der Waals surface area contributed by atoms with Crippen LogP contribution in [0.3, 0.4) is 0 Å². The minimum Gasteiger partial charge on any atom is -0.354 e. The van der Waals surface area contributed by atoms with Gasteiger partial charge in [0.25, 0.3) is 5.56 Å². The van der Waals surface area contributed by atoms with Crippen molar-refractivity contribution in [2.75, 3.05) is 6.54 Å². The first-order valence-electron chi connectivity index (χ1n) is 6.51. The zero-order chi connectivity index (χ0) is 15.2. The van der Waals surface area contributed by atoms with E-state index >= 15 is 0 Å². The Bertz CT molecular complexity index is 734. The van der Waals surface area contributed by atoms with Gasteiger partial charge in [0, 0.05) is 44.2 Å². The molecular formula is C14H16N4O3. The van der Waals surface area contributed by atoms with Crippen molar-refractivity contribution in [1.82, 2.24) is 19.4 Å². The van der Waals surface area contributed by atoms with Gasteiger partial charge in [-0.1, -0.05) is 6.07 Å². The molecule has 7 heteroatoms. The van der Waals surface area contributed by atoms with Gasteiger partial charge in [-0.2, -0.15) is 0 Å². The standard InChI is InChI=1S/C14H16N4O3/c1-17-13(20)6-9-18(14(17)21)10-12(19)16-8-5-11-4-2-3-7-15-11/h2-4,6-7,9H,5,8,10H2,1H3,(H,16,19). The number of nitrogens with one attached hydrogen (secondary N) is 1. The fourth-order valence-electron chi connectivity index (χ4n) is 1.82. The number of rotatable bonds is 5. The third-order valence-electron chi connectivity index (χ3n) is 3.00. The highest BCUT2D eigenvalue weighted by Gasteiger charge is 2.06. The summed E-state index contributed by atoms with van der Waals surface area (Å²) in [5.41, 5.74) is -0.0220. The van der Waals surface area contributed by atoms with E-state index in [1.54, 1.807) is 6.20 Å². The minimum atomic E-state index is -0.512. The van der Waals surface area contributed by atoms with Gasteiger partial charge in [0.2, 0.25) is 5.91 Å². The van der Waals surface area contributed by atoms with E-state index in [9.17, 15) is 14.4 Å². The Labute approximate surface area is 120 Å². The third-order valence-corrected chi connectivity index (χ3v) is 3.00. The predicted octanol–water partition coefficient (Wildman–Crippen LogP) is -0.699. The molecule has 0 aromatic carbocycles. The lowest BCUT2D eigenvalue weighted by Crippen LogP contribution is -2.40. The van der Waals surface area contributed by atoms with Crippen molar-refractivity contribution < 1.29 is 4.79 Å². The number of aromatic nitrogens is 3. The molecule has 0 spiro atoms. The van der Waals surface area contributed by atoms with E-state index in [2.05, 4.69) is 10.3 Å². The van der Waals surface area contributed by atoms with Crippen LogP contribution in [-0.2, 0) is 24.8 Å². The highest BCUT2D eigenvalue weighted by atomic mass is 16.2. The van der Waals surface area contributed by atoms with Crippen LogP contribution in [0.15, 0.2) is 46.2 Å². The van der Waals surface area contributed by atoms with Crippen molar-refractivity contribution in [2.24, 2.45) is 7.05 Å². The molecule has 0 aliphatic carbocycles. The van der Waals surface area contributed by atoms with Crippen LogP contribution < -0.4 is 16.6 Å². The normalized spacial score (nSPS) is 10.3. The van der Waals surface area contributed by atoms with Crippen LogP contribution in [-0.4, -0.2) is 26.6 Å². The van der Waals surface area contributed by atoms with Gasteiger partial charge in [-0.15, -0.1) is 0 Å². The van der Waals surface area contributed by atoms with E-state index < -0.39 is 11.2 Å².